The number of hydrogen-bond donors (Lipinski definition) is 2. The minimum atomic E-state index is 0.00792. The molecule has 0 spiro atoms. The summed E-state index contributed by atoms with van der Waals surface area (Å²) < 4.78 is 0.988. The van der Waals surface area contributed by atoms with Crippen molar-refractivity contribution in [3.8, 4) is 0 Å². The monoisotopic (exact) mass is 256 g/mol. The van der Waals surface area contributed by atoms with Gasteiger partial charge in [0.15, 0.2) is 0 Å². The molecule has 3 N–H and O–H groups in total. The minimum absolute atomic E-state index is 0.00792. The lowest BCUT2D eigenvalue weighted by molar-refractivity contribution is -0.120. The third-order valence-corrected chi connectivity index (χ3v) is 2.21. The zero-order chi connectivity index (χ0) is 10.4. The topological polar surface area (TPSA) is 55.1 Å². The number of nitrogens with two attached hydrogens (primary N) is 1. The Hall–Kier alpha value is -0.870. The summed E-state index contributed by atoms with van der Waals surface area (Å²) in [5, 5.41) is 2.72. The molecule has 0 atom stereocenters. The van der Waals surface area contributed by atoms with Crippen LogP contribution < -0.4 is 11.1 Å². The van der Waals surface area contributed by atoms with E-state index in [0.29, 0.717) is 19.5 Å². The van der Waals surface area contributed by atoms with E-state index < -0.39 is 0 Å². The summed E-state index contributed by atoms with van der Waals surface area (Å²) in [5.74, 6) is 0.00792. The second-order valence-electron chi connectivity index (χ2n) is 2.95. The van der Waals surface area contributed by atoms with Gasteiger partial charge in [0.2, 0.25) is 5.91 Å². The predicted molar refractivity (Wildman–Crippen MR) is 59.9 cm³/mol. The molecule has 0 aliphatic carbocycles. The van der Waals surface area contributed by atoms with Gasteiger partial charge in [0.25, 0.3) is 0 Å². The number of amides is 1. The first kappa shape index (κ1) is 11.2. The number of benzene rings is 1. The predicted octanol–water partition coefficient (Wildman–Crippen LogP) is 1.07. The molecule has 0 aliphatic rings. The van der Waals surface area contributed by atoms with Crippen molar-refractivity contribution in [2.45, 2.75) is 6.42 Å². The average Bonchev–Trinajstić information content (AvgIpc) is 2.15. The van der Waals surface area contributed by atoms with E-state index in [9.17, 15) is 4.79 Å². The first-order valence-electron chi connectivity index (χ1n) is 4.43. The Bertz CT molecular complexity index is 315. The Morgan fingerprint density at radius 3 is 2.93 bits per heavy atom. The van der Waals surface area contributed by atoms with Crippen molar-refractivity contribution in [3.63, 3.8) is 0 Å². The molecule has 1 rings (SSSR count). The summed E-state index contributed by atoms with van der Waals surface area (Å²) in [6.45, 7) is 1.01. The van der Waals surface area contributed by atoms with E-state index in [2.05, 4.69) is 21.2 Å². The van der Waals surface area contributed by atoms with E-state index in [1.165, 1.54) is 0 Å². The minimum Gasteiger partial charge on any atom is -0.355 e. The molecule has 0 aromatic heterocycles. The van der Waals surface area contributed by atoms with E-state index >= 15 is 0 Å². The highest BCUT2D eigenvalue weighted by Gasteiger charge is 2.01. The number of hydrogen-bond acceptors (Lipinski definition) is 2. The quantitative estimate of drug-likeness (QED) is 0.847. The molecule has 1 aromatic rings. The van der Waals surface area contributed by atoms with Crippen LogP contribution in [-0.4, -0.2) is 19.0 Å². The highest BCUT2D eigenvalue weighted by atomic mass is 79.9. The highest BCUT2D eigenvalue weighted by molar-refractivity contribution is 9.10. The summed E-state index contributed by atoms with van der Waals surface area (Å²) in [5.41, 5.74) is 6.27. The third-order valence-electron chi connectivity index (χ3n) is 1.72. The molecule has 0 saturated heterocycles. The summed E-state index contributed by atoms with van der Waals surface area (Å²) in [6.07, 6.45) is 0.402. The molecule has 0 heterocycles. The average molecular weight is 257 g/mol. The fourth-order valence-electron chi connectivity index (χ4n) is 1.11. The summed E-state index contributed by atoms with van der Waals surface area (Å²) in [4.78, 5) is 11.3. The molecule has 0 fully saturated rings. The standard InChI is InChI=1S/C10H13BrN2O/c11-9-3-1-2-8(6-9)7-10(14)13-5-4-12/h1-3,6H,4-5,7,12H2,(H,13,14). The molecule has 0 bridgehead atoms. The number of carbonyl (C=O) groups excluding carboxylic acids is 1. The van der Waals surface area contributed by atoms with E-state index in [0.717, 1.165) is 10.0 Å². The Labute approximate surface area is 91.8 Å². The van der Waals surface area contributed by atoms with Gasteiger partial charge in [-0.3, -0.25) is 4.79 Å². The van der Waals surface area contributed by atoms with Gasteiger partial charge in [0, 0.05) is 17.6 Å². The molecule has 0 radical (unpaired) electrons. The SMILES string of the molecule is NCCNC(=O)Cc1cccc(Br)c1. The fourth-order valence-corrected chi connectivity index (χ4v) is 1.55. The first-order valence-corrected chi connectivity index (χ1v) is 5.23. The molecular weight excluding hydrogens is 244 g/mol. The van der Waals surface area contributed by atoms with Gasteiger partial charge in [-0.25, -0.2) is 0 Å². The molecule has 14 heavy (non-hydrogen) atoms. The van der Waals surface area contributed by atoms with Crippen LogP contribution in [0.3, 0.4) is 0 Å². The summed E-state index contributed by atoms with van der Waals surface area (Å²) in [7, 11) is 0. The van der Waals surface area contributed by atoms with Crippen LogP contribution in [0.1, 0.15) is 5.56 Å². The van der Waals surface area contributed by atoms with Crippen molar-refractivity contribution < 1.29 is 4.79 Å². The lowest BCUT2D eigenvalue weighted by Crippen LogP contribution is -2.30. The molecule has 1 aromatic carbocycles. The molecule has 1 amide bonds. The van der Waals surface area contributed by atoms with Crippen LogP contribution in [0, 0.1) is 0 Å². The Balaban J connectivity index is 2.47. The molecule has 4 heteroatoms. The number of nitrogens with one attached hydrogen (secondary N) is 1. The first-order chi connectivity index (χ1) is 6.72. The molecular formula is C10H13BrN2O. The van der Waals surface area contributed by atoms with Gasteiger partial charge >= 0.3 is 0 Å². The number of carbonyl (C=O) groups is 1. The largest absolute Gasteiger partial charge is 0.355 e. The third kappa shape index (κ3) is 3.89. The van der Waals surface area contributed by atoms with Crippen molar-refractivity contribution in [1.82, 2.24) is 5.32 Å². The molecule has 3 nitrogen and oxygen atoms in total. The van der Waals surface area contributed by atoms with Crippen LogP contribution in [0.25, 0.3) is 0 Å². The molecule has 76 valence electrons. The number of rotatable bonds is 4. The Morgan fingerprint density at radius 2 is 2.29 bits per heavy atom. The van der Waals surface area contributed by atoms with Crippen molar-refractivity contribution >= 4 is 21.8 Å². The van der Waals surface area contributed by atoms with Crippen molar-refractivity contribution in [2.75, 3.05) is 13.1 Å². The summed E-state index contributed by atoms with van der Waals surface area (Å²) in [6, 6.07) is 7.70. The van der Waals surface area contributed by atoms with E-state index in [1.54, 1.807) is 0 Å². The lowest BCUT2D eigenvalue weighted by Gasteiger charge is -2.03. The van der Waals surface area contributed by atoms with Gasteiger partial charge in [0.1, 0.15) is 0 Å². The van der Waals surface area contributed by atoms with E-state index in [-0.39, 0.29) is 5.91 Å². The van der Waals surface area contributed by atoms with Crippen LogP contribution in [0.15, 0.2) is 28.7 Å². The van der Waals surface area contributed by atoms with Crippen LogP contribution in [0.5, 0.6) is 0 Å². The maximum Gasteiger partial charge on any atom is 0.224 e. The fraction of sp³-hybridized carbons (Fsp3) is 0.300. The van der Waals surface area contributed by atoms with Gasteiger partial charge in [0.05, 0.1) is 6.42 Å². The van der Waals surface area contributed by atoms with Gasteiger partial charge in [-0.15, -0.1) is 0 Å². The zero-order valence-corrected chi connectivity index (χ0v) is 9.38. The van der Waals surface area contributed by atoms with Crippen LogP contribution in [-0.2, 0) is 11.2 Å². The summed E-state index contributed by atoms with van der Waals surface area (Å²) >= 11 is 3.35. The maximum atomic E-state index is 11.3. The van der Waals surface area contributed by atoms with Crippen LogP contribution in [0.4, 0.5) is 0 Å². The van der Waals surface area contributed by atoms with Gasteiger partial charge in [-0.2, -0.15) is 0 Å². The Morgan fingerprint density at radius 1 is 1.50 bits per heavy atom. The highest BCUT2D eigenvalue weighted by Crippen LogP contribution is 2.11. The van der Waals surface area contributed by atoms with Gasteiger partial charge in [-0.1, -0.05) is 28.1 Å². The zero-order valence-electron chi connectivity index (χ0n) is 7.79. The van der Waals surface area contributed by atoms with Crippen molar-refractivity contribution in [3.05, 3.63) is 34.3 Å². The van der Waals surface area contributed by atoms with Crippen LogP contribution >= 0.6 is 15.9 Å². The maximum absolute atomic E-state index is 11.3. The van der Waals surface area contributed by atoms with E-state index in [4.69, 9.17) is 5.73 Å². The Kier molecular flexibility index (Phi) is 4.62. The molecule has 0 saturated carbocycles. The lowest BCUT2D eigenvalue weighted by atomic mass is 10.1. The normalized spacial score (nSPS) is 9.86. The second-order valence-corrected chi connectivity index (χ2v) is 3.86. The van der Waals surface area contributed by atoms with Crippen LogP contribution in [0.2, 0.25) is 0 Å². The van der Waals surface area contributed by atoms with E-state index in [1.807, 2.05) is 24.3 Å². The van der Waals surface area contributed by atoms with Gasteiger partial charge < -0.3 is 11.1 Å². The molecule has 0 unspecified atom stereocenters. The van der Waals surface area contributed by atoms with Gasteiger partial charge in [-0.05, 0) is 17.7 Å². The number of halogens is 1. The smallest absolute Gasteiger partial charge is 0.224 e. The molecule has 0 aliphatic heterocycles. The van der Waals surface area contributed by atoms with Crippen molar-refractivity contribution in [1.29, 1.82) is 0 Å². The van der Waals surface area contributed by atoms with Crippen molar-refractivity contribution in [2.24, 2.45) is 5.73 Å². The second kappa shape index (κ2) is 5.78.